The van der Waals surface area contributed by atoms with Crippen molar-refractivity contribution in [2.75, 3.05) is 33.4 Å². The van der Waals surface area contributed by atoms with Crippen LogP contribution in [0.15, 0.2) is 42.5 Å². The maximum atomic E-state index is 12.7. The van der Waals surface area contributed by atoms with Crippen molar-refractivity contribution >= 4 is 12.3 Å². The predicted octanol–water partition coefficient (Wildman–Crippen LogP) is 3.55. The van der Waals surface area contributed by atoms with Crippen LogP contribution in [0, 0.1) is 0 Å². The molecule has 5 nitrogen and oxygen atoms in total. The van der Waals surface area contributed by atoms with Gasteiger partial charge in [0.2, 0.25) is 6.41 Å². The summed E-state index contributed by atoms with van der Waals surface area (Å²) in [5.41, 5.74) is 5.53. The largest absolute Gasteiger partial charge is 0.383 e. The summed E-state index contributed by atoms with van der Waals surface area (Å²) < 4.78 is 4.99. The molecule has 1 fully saturated rings. The van der Waals surface area contributed by atoms with Gasteiger partial charge >= 0.3 is 0 Å². The fourth-order valence-electron chi connectivity index (χ4n) is 4.72. The number of hydrogen-bond acceptors (Lipinski definition) is 4. The van der Waals surface area contributed by atoms with Crippen LogP contribution in [0.1, 0.15) is 40.7 Å². The van der Waals surface area contributed by atoms with Crippen LogP contribution in [-0.2, 0) is 22.4 Å². The van der Waals surface area contributed by atoms with E-state index in [1.54, 1.807) is 13.2 Å². The summed E-state index contributed by atoms with van der Waals surface area (Å²) in [5, 5.41) is 0. The second kappa shape index (κ2) is 9.54. The molecule has 158 valence electrons. The molecule has 1 aliphatic heterocycles. The van der Waals surface area contributed by atoms with Gasteiger partial charge in [-0.05, 0) is 79.6 Å². The van der Waals surface area contributed by atoms with Crippen molar-refractivity contribution in [3.8, 4) is 11.1 Å². The number of imide groups is 1. The van der Waals surface area contributed by atoms with Crippen molar-refractivity contribution in [1.29, 1.82) is 0 Å². The van der Waals surface area contributed by atoms with Gasteiger partial charge in [0, 0.05) is 18.7 Å². The molecule has 0 radical (unpaired) electrons. The minimum atomic E-state index is -0.296. The van der Waals surface area contributed by atoms with E-state index in [2.05, 4.69) is 23.1 Å². The summed E-state index contributed by atoms with van der Waals surface area (Å²) in [6.07, 6.45) is 6.72. The minimum absolute atomic E-state index is 0.250. The monoisotopic (exact) mass is 406 g/mol. The standard InChI is InChI=1S/C25H30N2O3/c1-30-14-13-27(18-28)25(29)23-6-4-5-19(16-23)20-7-8-22-17-24(10-9-21(22)15-20)26-11-2-3-12-26/h4-8,15-16,18,24H,2-3,9-14,17H2,1H3. The second-order valence-electron chi connectivity index (χ2n) is 8.30. The third kappa shape index (κ3) is 4.47. The van der Waals surface area contributed by atoms with Gasteiger partial charge in [0.15, 0.2) is 0 Å². The molecule has 1 atom stereocenters. The Labute approximate surface area is 178 Å². The van der Waals surface area contributed by atoms with Crippen molar-refractivity contribution in [3.05, 3.63) is 59.2 Å². The topological polar surface area (TPSA) is 49.9 Å². The van der Waals surface area contributed by atoms with E-state index < -0.39 is 0 Å². The number of methoxy groups -OCH3 is 1. The molecule has 1 heterocycles. The average Bonchev–Trinajstić information content (AvgIpc) is 3.34. The van der Waals surface area contributed by atoms with Crippen molar-refractivity contribution in [2.24, 2.45) is 0 Å². The Morgan fingerprint density at radius 2 is 1.93 bits per heavy atom. The lowest BCUT2D eigenvalue weighted by atomic mass is 9.85. The van der Waals surface area contributed by atoms with E-state index in [1.807, 2.05) is 18.2 Å². The smallest absolute Gasteiger partial charge is 0.260 e. The molecular weight excluding hydrogens is 376 g/mol. The van der Waals surface area contributed by atoms with Gasteiger partial charge in [-0.15, -0.1) is 0 Å². The molecule has 0 aromatic heterocycles. The lowest BCUT2D eigenvalue weighted by molar-refractivity contribution is -0.116. The fourth-order valence-corrected chi connectivity index (χ4v) is 4.72. The van der Waals surface area contributed by atoms with E-state index in [1.165, 1.54) is 43.5 Å². The molecule has 2 aromatic carbocycles. The molecule has 1 unspecified atom stereocenters. The van der Waals surface area contributed by atoms with Gasteiger partial charge in [0.1, 0.15) is 0 Å². The zero-order valence-corrected chi connectivity index (χ0v) is 17.7. The van der Waals surface area contributed by atoms with Gasteiger partial charge in [-0.1, -0.05) is 30.3 Å². The molecule has 4 rings (SSSR count). The molecular formula is C25H30N2O3. The molecule has 2 aromatic rings. The number of rotatable bonds is 7. The number of nitrogens with zero attached hydrogens (tertiary/aromatic N) is 2. The zero-order valence-electron chi connectivity index (χ0n) is 17.7. The molecule has 2 aliphatic rings. The summed E-state index contributed by atoms with van der Waals surface area (Å²) in [7, 11) is 1.55. The number of benzene rings is 2. The Morgan fingerprint density at radius 1 is 1.13 bits per heavy atom. The fraction of sp³-hybridized carbons (Fsp3) is 0.440. The first-order valence-corrected chi connectivity index (χ1v) is 10.9. The maximum Gasteiger partial charge on any atom is 0.260 e. The van der Waals surface area contributed by atoms with E-state index >= 15 is 0 Å². The van der Waals surface area contributed by atoms with Gasteiger partial charge in [0.25, 0.3) is 5.91 Å². The van der Waals surface area contributed by atoms with Crippen LogP contribution in [0.2, 0.25) is 0 Å². The number of carbonyl (C=O) groups excluding carboxylic acids is 2. The molecule has 0 N–H and O–H groups in total. The van der Waals surface area contributed by atoms with Gasteiger partial charge in [-0.25, -0.2) is 0 Å². The third-order valence-corrected chi connectivity index (χ3v) is 6.43. The Kier molecular flexibility index (Phi) is 6.60. The second-order valence-corrected chi connectivity index (χ2v) is 8.30. The first-order chi connectivity index (χ1) is 14.7. The molecule has 5 heteroatoms. The van der Waals surface area contributed by atoms with Crippen LogP contribution < -0.4 is 0 Å². The molecule has 1 aliphatic carbocycles. The number of aryl methyl sites for hydroxylation is 1. The highest BCUT2D eigenvalue weighted by Gasteiger charge is 2.26. The summed E-state index contributed by atoms with van der Waals surface area (Å²) in [4.78, 5) is 27.8. The van der Waals surface area contributed by atoms with Gasteiger partial charge < -0.3 is 9.64 Å². The molecule has 0 bridgehead atoms. The Hall–Kier alpha value is -2.50. The van der Waals surface area contributed by atoms with Gasteiger partial charge in [0.05, 0.1) is 13.2 Å². The molecule has 30 heavy (non-hydrogen) atoms. The van der Waals surface area contributed by atoms with Crippen molar-refractivity contribution in [3.63, 3.8) is 0 Å². The van der Waals surface area contributed by atoms with Gasteiger partial charge in [-0.3, -0.25) is 14.5 Å². The number of likely N-dealkylation sites (tertiary alicyclic amines) is 1. The Balaban J connectivity index is 1.52. The first kappa shape index (κ1) is 20.8. The Morgan fingerprint density at radius 3 is 2.70 bits per heavy atom. The molecule has 1 saturated heterocycles. The maximum absolute atomic E-state index is 12.7. The minimum Gasteiger partial charge on any atom is -0.383 e. The summed E-state index contributed by atoms with van der Waals surface area (Å²) in [6, 6.07) is 14.9. The van der Waals surface area contributed by atoms with Crippen LogP contribution in [0.4, 0.5) is 0 Å². The van der Waals surface area contributed by atoms with E-state index in [-0.39, 0.29) is 12.5 Å². The average molecular weight is 407 g/mol. The SMILES string of the molecule is COCCN(C=O)C(=O)c1cccc(-c2ccc3c(c2)CCC(N2CCCC2)C3)c1. The normalized spacial score (nSPS) is 18.8. The number of carbonyl (C=O) groups is 2. The van der Waals surface area contributed by atoms with E-state index in [9.17, 15) is 9.59 Å². The number of ether oxygens (including phenoxy) is 1. The van der Waals surface area contributed by atoms with E-state index in [0.29, 0.717) is 24.6 Å². The molecule has 0 saturated carbocycles. The highest BCUT2D eigenvalue weighted by molar-refractivity contribution is 6.00. The lowest BCUT2D eigenvalue weighted by Crippen LogP contribution is -2.37. The number of hydrogen-bond donors (Lipinski definition) is 0. The van der Waals surface area contributed by atoms with Crippen molar-refractivity contribution in [2.45, 2.75) is 38.1 Å². The molecule has 0 spiro atoms. The third-order valence-electron chi connectivity index (χ3n) is 6.43. The van der Waals surface area contributed by atoms with E-state index in [0.717, 1.165) is 28.9 Å². The van der Waals surface area contributed by atoms with Crippen LogP contribution in [0.5, 0.6) is 0 Å². The van der Waals surface area contributed by atoms with Crippen LogP contribution >= 0.6 is 0 Å². The van der Waals surface area contributed by atoms with Crippen molar-refractivity contribution in [1.82, 2.24) is 9.80 Å². The highest BCUT2D eigenvalue weighted by atomic mass is 16.5. The van der Waals surface area contributed by atoms with Crippen LogP contribution in [-0.4, -0.2) is 61.5 Å². The van der Waals surface area contributed by atoms with E-state index in [4.69, 9.17) is 4.74 Å². The first-order valence-electron chi connectivity index (χ1n) is 10.9. The summed E-state index contributed by atoms with van der Waals surface area (Å²) in [5.74, 6) is -0.296. The zero-order chi connectivity index (χ0) is 20.9. The quantitative estimate of drug-likeness (QED) is 0.660. The number of fused-ring (bicyclic) bond motifs is 1. The Bertz CT molecular complexity index is 905. The molecule has 2 amide bonds. The van der Waals surface area contributed by atoms with Crippen LogP contribution in [0.3, 0.4) is 0 Å². The summed E-state index contributed by atoms with van der Waals surface area (Å²) >= 11 is 0. The highest BCUT2D eigenvalue weighted by Crippen LogP contribution is 2.31. The van der Waals surface area contributed by atoms with Gasteiger partial charge in [-0.2, -0.15) is 0 Å². The van der Waals surface area contributed by atoms with Crippen molar-refractivity contribution < 1.29 is 14.3 Å². The predicted molar refractivity (Wildman–Crippen MR) is 117 cm³/mol. The number of amides is 2. The summed E-state index contributed by atoms with van der Waals surface area (Å²) in [6.45, 7) is 3.08. The van der Waals surface area contributed by atoms with Crippen LogP contribution in [0.25, 0.3) is 11.1 Å². The lowest BCUT2D eigenvalue weighted by Gasteiger charge is -2.32.